The van der Waals surface area contributed by atoms with E-state index in [0.29, 0.717) is 43.9 Å². The van der Waals surface area contributed by atoms with Crippen LogP contribution in [0.3, 0.4) is 0 Å². The highest BCUT2D eigenvalue weighted by Crippen LogP contribution is 2.21. The third kappa shape index (κ3) is 6.93. The van der Waals surface area contributed by atoms with Crippen molar-refractivity contribution in [2.45, 2.75) is 50.6 Å². The van der Waals surface area contributed by atoms with Gasteiger partial charge in [-0.2, -0.15) is 0 Å². The lowest BCUT2D eigenvalue weighted by molar-refractivity contribution is -0.134. The number of likely N-dealkylation sites (tertiary alicyclic amines) is 1. The highest BCUT2D eigenvalue weighted by Gasteiger charge is 2.25. The Morgan fingerprint density at radius 3 is 2.48 bits per heavy atom. The zero-order valence-corrected chi connectivity index (χ0v) is 21.6. The molecule has 9 heteroatoms. The van der Waals surface area contributed by atoms with Gasteiger partial charge in [-0.05, 0) is 50.3 Å². The van der Waals surface area contributed by atoms with E-state index < -0.39 is 0 Å². The van der Waals surface area contributed by atoms with E-state index in [0.717, 1.165) is 39.9 Å². The summed E-state index contributed by atoms with van der Waals surface area (Å²) >= 11 is 4.99. The van der Waals surface area contributed by atoms with Crippen LogP contribution in [0.4, 0.5) is 0 Å². The third-order valence-corrected chi connectivity index (χ3v) is 7.75. The van der Waals surface area contributed by atoms with E-state index in [2.05, 4.69) is 20.9 Å². The molecule has 0 bridgehead atoms. The number of nitrogens with two attached hydrogens (primary N) is 1. The molecular weight excluding hydrogens is 504 g/mol. The molecule has 1 aliphatic rings. The van der Waals surface area contributed by atoms with Crippen LogP contribution in [0.2, 0.25) is 0 Å². The maximum Gasteiger partial charge on any atom is 0.257 e. The number of piperidine rings is 1. The van der Waals surface area contributed by atoms with Crippen LogP contribution in [-0.2, 0) is 23.1 Å². The van der Waals surface area contributed by atoms with E-state index in [9.17, 15) is 14.4 Å². The van der Waals surface area contributed by atoms with Gasteiger partial charge in [-0.1, -0.05) is 39.8 Å². The molecule has 0 spiro atoms. The second kappa shape index (κ2) is 11.8. The van der Waals surface area contributed by atoms with Crippen molar-refractivity contribution in [2.75, 3.05) is 18.8 Å². The molecule has 2 N–H and O–H groups in total. The van der Waals surface area contributed by atoms with Crippen LogP contribution in [0.1, 0.15) is 48.9 Å². The number of thioether (sulfide) groups is 1. The van der Waals surface area contributed by atoms with Gasteiger partial charge in [0, 0.05) is 60.4 Å². The van der Waals surface area contributed by atoms with E-state index >= 15 is 0 Å². The SMILES string of the molecule is Cc1nc(SCCCCC(=O)N2CCC(C(N)=O)CC2)n(C)c(=O)c1Cc1ccc(Br)cc1. The molecule has 7 nitrogen and oxygen atoms in total. The number of unbranched alkanes of at least 4 members (excludes halogenated alkanes) is 1. The molecule has 0 atom stereocenters. The molecule has 2 heterocycles. The minimum absolute atomic E-state index is 0.0116. The number of rotatable bonds is 9. The van der Waals surface area contributed by atoms with E-state index in [1.165, 1.54) is 0 Å². The molecule has 33 heavy (non-hydrogen) atoms. The Labute approximate surface area is 207 Å². The van der Waals surface area contributed by atoms with Crippen molar-refractivity contribution in [1.29, 1.82) is 0 Å². The number of amides is 2. The number of carbonyl (C=O) groups excluding carboxylic acids is 2. The van der Waals surface area contributed by atoms with Crippen LogP contribution < -0.4 is 11.3 Å². The van der Waals surface area contributed by atoms with Crippen LogP contribution in [0, 0.1) is 12.8 Å². The number of benzene rings is 1. The van der Waals surface area contributed by atoms with Gasteiger partial charge in [0.05, 0.1) is 0 Å². The summed E-state index contributed by atoms with van der Waals surface area (Å²) in [5.74, 6) is 0.567. The summed E-state index contributed by atoms with van der Waals surface area (Å²) in [5.41, 5.74) is 7.90. The van der Waals surface area contributed by atoms with E-state index in [1.807, 2.05) is 36.1 Å². The Hall–Kier alpha value is -2.13. The lowest BCUT2D eigenvalue weighted by atomic mass is 9.96. The van der Waals surface area contributed by atoms with Crippen molar-refractivity contribution in [3.63, 3.8) is 0 Å². The second-order valence-electron chi connectivity index (χ2n) is 8.49. The van der Waals surface area contributed by atoms with Gasteiger partial charge < -0.3 is 10.6 Å². The van der Waals surface area contributed by atoms with Gasteiger partial charge in [0.2, 0.25) is 11.8 Å². The number of aromatic nitrogens is 2. The zero-order valence-electron chi connectivity index (χ0n) is 19.2. The lowest BCUT2D eigenvalue weighted by Gasteiger charge is -2.30. The first-order valence-corrected chi connectivity index (χ1v) is 13.0. The fraction of sp³-hybridized carbons (Fsp3) is 0.500. The predicted octanol–water partition coefficient (Wildman–Crippen LogP) is 3.43. The summed E-state index contributed by atoms with van der Waals surface area (Å²) in [6.07, 6.45) is 4.03. The Balaban J connectivity index is 1.46. The largest absolute Gasteiger partial charge is 0.369 e. The average Bonchev–Trinajstić information content (AvgIpc) is 2.80. The maximum atomic E-state index is 12.9. The summed E-state index contributed by atoms with van der Waals surface area (Å²) in [7, 11) is 1.77. The lowest BCUT2D eigenvalue weighted by Crippen LogP contribution is -2.41. The normalized spacial score (nSPS) is 14.5. The van der Waals surface area contributed by atoms with Crippen LogP contribution >= 0.6 is 27.7 Å². The number of hydrogen-bond donors (Lipinski definition) is 1. The van der Waals surface area contributed by atoms with Gasteiger partial charge in [-0.25, -0.2) is 4.98 Å². The number of hydrogen-bond acceptors (Lipinski definition) is 5. The van der Waals surface area contributed by atoms with Crippen molar-refractivity contribution >= 4 is 39.5 Å². The predicted molar refractivity (Wildman–Crippen MR) is 134 cm³/mol. The average molecular weight is 536 g/mol. The number of primary amides is 1. The van der Waals surface area contributed by atoms with Crippen molar-refractivity contribution in [3.8, 4) is 0 Å². The van der Waals surface area contributed by atoms with Gasteiger partial charge in [-0.15, -0.1) is 0 Å². The van der Waals surface area contributed by atoms with Crippen LogP contribution in [0.5, 0.6) is 0 Å². The van der Waals surface area contributed by atoms with Gasteiger partial charge in [0.1, 0.15) is 0 Å². The Bertz CT molecular complexity index is 1050. The molecule has 178 valence electrons. The molecule has 1 saturated heterocycles. The fourth-order valence-electron chi connectivity index (χ4n) is 3.98. The summed E-state index contributed by atoms with van der Waals surface area (Å²) in [5, 5.41) is 0.705. The van der Waals surface area contributed by atoms with Gasteiger partial charge in [0.15, 0.2) is 5.16 Å². The third-order valence-electron chi connectivity index (χ3n) is 6.11. The molecule has 0 aliphatic carbocycles. The smallest absolute Gasteiger partial charge is 0.257 e. The molecule has 1 aliphatic heterocycles. The standard InChI is InChI=1S/C24H31BrN4O3S/c1-16-20(15-17-6-8-19(25)9-7-17)23(32)28(2)24(27-16)33-14-4-3-5-21(30)29-12-10-18(11-13-29)22(26)31/h6-9,18H,3-5,10-15H2,1-2H3,(H2,26,31). The van der Waals surface area contributed by atoms with Gasteiger partial charge >= 0.3 is 0 Å². The minimum atomic E-state index is -0.265. The number of aryl methyl sites for hydroxylation is 1. The highest BCUT2D eigenvalue weighted by molar-refractivity contribution is 9.10. The summed E-state index contributed by atoms with van der Waals surface area (Å²) in [6.45, 7) is 3.11. The van der Waals surface area contributed by atoms with E-state index in [1.54, 1.807) is 23.4 Å². The van der Waals surface area contributed by atoms with Crippen molar-refractivity contribution in [2.24, 2.45) is 18.7 Å². The number of carbonyl (C=O) groups is 2. The summed E-state index contributed by atoms with van der Waals surface area (Å²) in [4.78, 5) is 43.1. The first-order chi connectivity index (χ1) is 15.8. The number of halogens is 1. The molecule has 0 saturated carbocycles. The minimum Gasteiger partial charge on any atom is -0.369 e. The van der Waals surface area contributed by atoms with Crippen molar-refractivity contribution in [1.82, 2.24) is 14.5 Å². The monoisotopic (exact) mass is 534 g/mol. The molecule has 1 fully saturated rings. The molecule has 0 radical (unpaired) electrons. The molecule has 2 amide bonds. The van der Waals surface area contributed by atoms with Crippen LogP contribution in [-0.4, -0.2) is 45.1 Å². The maximum absolute atomic E-state index is 12.9. The Morgan fingerprint density at radius 1 is 1.18 bits per heavy atom. The van der Waals surface area contributed by atoms with E-state index in [-0.39, 0.29) is 23.3 Å². The molecule has 1 aromatic carbocycles. The first-order valence-electron chi connectivity index (χ1n) is 11.3. The molecular formula is C24H31BrN4O3S. The summed E-state index contributed by atoms with van der Waals surface area (Å²) in [6, 6.07) is 7.96. The zero-order chi connectivity index (χ0) is 24.0. The molecule has 1 aromatic heterocycles. The Morgan fingerprint density at radius 2 is 1.85 bits per heavy atom. The molecule has 2 aromatic rings. The molecule has 0 unspecified atom stereocenters. The Kier molecular flexibility index (Phi) is 9.14. The highest BCUT2D eigenvalue weighted by atomic mass is 79.9. The number of nitrogens with zero attached hydrogens (tertiary/aromatic N) is 3. The van der Waals surface area contributed by atoms with Crippen LogP contribution in [0.15, 0.2) is 38.7 Å². The van der Waals surface area contributed by atoms with Crippen molar-refractivity contribution < 1.29 is 9.59 Å². The van der Waals surface area contributed by atoms with Gasteiger partial charge in [0.25, 0.3) is 5.56 Å². The fourth-order valence-corrected chi connectivity index (χ4v) is 5.26. The quantitative estimate of drug-likeness (QED) is 0.302. The van der Waals surface area contributed by atoms with Crippen LogP contribution in [0.25, 0.3) is 0 Å². The van der Waals surface area contributed by atoms with Crippen molar-refractivity contribution in [3.05, 3.63) is 55.9 Å². The van der Waals surface area contributed by atoms with Gasteiger partial charge in [-0.3, -0.25) is 19.0 Å². The second-order valence-corrected chi connectivity index (χ2v) is 10.5. The first kappa shape index (κ1) is 25.5. The van der Waals surface area contributed by atoms with E-state index in [4.69, 9.17) is 5.73 Å². The summed E-state index contributed by atoms with van der Waals surface area (Å²) < 4.78 is 2.63. The topological polar surface area (TPSA) is 98.3 Å². The molecule has 3 rings (SSSR count).